The molecule has 1 amide bonds. The van der Waals surface area contributed by atoms with E-state index in [2.05, 4.69) is 33.5 Å². The third-order valence-electron chi connectivity index (χ3n) is 5.84. The number of nitrogens with zero attached hydrogens (tertiary/aromatic N) is 4. The van der Waals surface area contributed by atoms with Crippen molar-refractivity contribution < 1.29 is 4.79 Å². The molecule has 6 nitrogen and oxygen atoms in total. The Kier molecular flexibility index (Phi) is 4.41. The zero-order valence-corrected chi connectivity index (χ0v) is 15.7. The predicted molar refractivity (Wildman–Crippen MR) is 107 cm³/mol. The lowest BCUT2D eigenvalue weighted by Crippen LogP contribution is -2.37. The van der Waals surface area contributed by atoms with Gasteiger partial charge in [-0.15, -0.1) is 0 Å². The molecule has 0 saturated carbocycles. The van der Waals surface area contributed by atoms with Gasteiger partial charge < -0.3 is 5.32 Å². The Hall–Kier alpha value is -2.99. The summed E-state index contributed by atoms with van der Waals surface area (Å²) in [6.45, 7) is 1.54. The zero-order chi connectivity index (χ0) is 18.9. The summed E-state index contributed by atoms with van der Waals surface area (Å²) in [6, 6.07) is 14.9. The molecule has 1 N–H and O–H groups in total. The normalized spacial score (nSPS) is 22.1. The Morgan fingerprint density at radius 1 is 1.04 bits per heavy atom. The van der Waals surface area contributed by atoms with Crippen molar-refractivity contribution in [2.24, 2.45) is 0 Å². The van der Waals surface area contributed by atoms with Gasteiger partial charge in [0.15, 0.2) is 0 Å². The molecule has 3 aromatic rings. The Morgan fingerprint density at radius 3 is 2.64 bits per heavy atom. The van der Waals surface area contributed by atoms with Crippen LogP contribution in [0.2, 0.25) is 0 Å². The van der Waals surface area contributed by atoms with Gasteiger partial charge in [-0.1, -0.05) is 18.2 Å². The molecular weight excluding hydrogens is 350 g/mol. The number of carbonyl (C=O) groups is 1. The van der Waals surface area contributed by atoms with E-state index in [1.165, 1.54) is 5.56 Å². The Bertz CT molecular complexity index is 969. The van der Waals surface area contributed by atoms with Crippen LogP contribution in [0.4, 0.5) is 0 Å². The maximum absolute atomic E-state index is 12.0. The number of rotatable bonds is 4. The average molecular weight is 373 g/mol. The van der Waals surface area contributed by atoms with Crippen LogP contribution in [0.1, 0.15) is 24.8 Å². The molecule has 2 saturated heterocycles. The highest BCUT2D eigenvalue weighted by Crippen LogP contribution is 2.32. The fourth-order valence-electron chi connectivity index (χ4n) is 4.42. The van der Waals surface area contributed by atoms with Crippen LogP contribution in [0.3, 0.4) is 0 Å². The van der Waals surface area contributed by atoms with Crippen LogP contribution < -0.4 is 5.32 Å². The second-order valence-corrected chi connectivity index (χ2v) is 7.58. The van der Waals surface area contributed by atoms with Crippen LogP contribution in [0.5, 0.6) is 0 Å². The van der Waals surface area contributed by atoms with Crippen LogP contribution in [0, 0.1) is 0 Å². The van der Waals surface area contributed by atoms with Crippen molar-refractivity contribution in [3.05, 3.63) is 66.6 Å². The molecule has 0 aliphatic carbocycles. The number of amides is 1. The van der Waals surface area contributed by atoms with Gasteiger partial charge in [-0.2, -0.15) is 5.10 Å². The van der Waals surface area contributed by atoms with Gasteiger partial charge in [-0.3, -0.25) is 14.7 Å². The Labute approximate surface area is 164 Å². The van der Waals surface area contributed by atoms with Crippen molar-refractivity contribution in [1.82, 2.24) is 25.0 Å². The highest BCUT2D eigenvalue weighted by atomic mass is 16.1. The molecule has 5 rings (SSSR count). The van der Waals surface area contributed by atoms with Gasteiger partial charge in [0.2, 0.25) is 5.91 Å². The van der Waals surface area contributed by atoms with E-state index in [4.69, 9.17) is 5.10 Å². The summed E-state index contributed by atoms with van der Waals surface area (Å²) < 4.78 is 1.95. The van der Waals surface area contributed by atoms with E-state index in [0.717, 1.165) is 42.9 Å². The van der Waals surface area contributed by atoms with Crippen molar-refractivity contribution in [1.29, 1.82) is 0 Å². The van der Waals surface area contributed by atoms with E-state index in [0.29, 0.717) is 18.5 Å². The van der Waals surface area contributed by atoms with Crippen molar-refractivity contribution in [3.8, 4) is 16.9 Å². The molecule has 142 valence electrons. The van der Waals surface area contributed by atoms with Crippen molar-refractivity contribution >= 4 is 5.91 Å². The average Bonchev–Trinajstić information content (AvgIpc) is 3.28. The Balaban J connectivity index is 1.53. The maximum Gasteiger partial charge on any atom is 0.221 e. The third-order valence-corrected chi connectivity index (χ3v) is 5.84. The minimum absolute atomic E-state index is 0.173. The summed E-state index contributed by atoms with van der Waals surface area (Å²) in [7, 11) is 0. The number of pyridine rings is 1. The standard InChI is InChI=1S/C22H23N5O/c28-21-12-19-6-7-20(13-24-21)26(19)14-17-15-27(18-4-2-1-3-5-18)25-22(17)16-8-10-23-11-9-16/h1-5,8-11,15,19-20H,6-7,12-14H2,(H,24,28)/t19-,20+/m1/s1. The van der Waals surface area contributed by atoms with Crippen LogP contribution in [0.15, 0.2) is 61.1 Å². The number of benzene rings is 1. The maximum atomic E-state index is 12.0. The number of hydrogen-bond acceptors (Lipinski definition) is 4. The lowest BCUT2D eigenvalue weighted by atomic mass is 10.1. The summed E-state index contributed by atoms with van der Waals surface area (Å²) in [6.07, 6.45) is 8.56. The fraction of sp³-hybridized carbons (Fsp3) is 0.318. The van der Waals surface area contributed by atoms with Gasteiger partial charge in [-0.05, 0) is 37.1 Å². The molecule has 4 heterocycles. The topological polar surface area (TPSA) is 63.1 Å². The first-order chi connectivity index (χ1) is 13.8. The number of para-hydroxylation sites is 1. The number of carbonyl (C=O) groups excluding carboxylic acids is 1. The second-order valence-electron chi connectivity index (χ2n) is 7.58. The number of nitrogens with one attached hydrogen (secondary N) is 1. The van der Waals surface area contributed by atoms with Gasteiger partial charge >= 0.3 is 0 Å². The van der Waals surface area contributed by atoms with Gasteiger partial charge in [0.25, 0.3) is 0 Å². The van der Waals surface area contributed by atoms with Crippen LogP contribution >= 0.6 is 0 Å². The van der Waals surface area contributed by atoms with Crippen LogP contribution in [0.25, 0.3) is 16.9 Å². The molecule has 0 radical (unpaired) electrons. The summed E-state index contributed by atoms with van der Waals surface area (Å²) in [5, 5.41) is 7.96. The van der Waals surface area contributed by atoms with E-state index >= 15 is 0 Å². The predicted octanol–water partition coefficient (Wildman–Crippen LogP) is 2.79. The van der Waals surface area contributed by atoms with Gasteiger partial charge in [0.05, 0.1) is 11.4 Å². The second kappa shape index (κ2) is 7.20. The summed E-state index contributed by atoms with van der Waals surface area (Å²) in [5.74, 6) is 0.173. The molecule has 0 unspecified atom stereocenters. The number of fused-ring (bicyclic) bond motifs is 2. The molecule has 2 bridgehead atoms. The first-order valence-corrected chi connectivity index (χ1v) is 9.85. The lowest BCUT2D eigenvalue weighted by molar-refractivity contribution is -0.121. The van der Waals surface area contributed by atoms with Gasteiger partial charge in [0.1, 0.15) is 0 Å². The molecule has 0 spiro atoms. The third kappa shape index (κ3) is 3.20. The number of hydrogen-bond donors (Lipinski definition) is 1. The SMILES string of the molecule is O=C1C[C@H]2CC[C@@H](CN1)N2Cc1cn(-c2ccccc2)nc1-c1ccncc1. The highest BCUT2D eigenvalue weighted by Gasteiger charge is 2.37. The molecule has 6 heteroatoms. The van der Waals surface area contributed by atoms with E-state index < -0.39 is 0 Å². The molecule has 2 aliphatic rings. The summed E-state index contributed by atoms with van der Waals surface area (Å²) >= 11 is 0. The minimum atomic E-state index is 0.173. The minimum Gasteiger partial charge on any atom is -0.354 e. The summed E-state index contributed by atoms with van der Waals surface area (Å²) in [4.78, 5) is 18.6. The molecular formula is C22H23N5O. The first-order valence-electron chi connectivity index (χ1n) is 9.85. The largest absolute Gasteiger partial charge is 0.354 e. The van der Waals surface area contributed by atoms with Gasteiger partial charge in [-0.25, -0.2) is 4.68 Å². The molecule has 2 fully saturated rings. The first kappa shape index (κ1) is 17.1. The molecule has 2 atom stereocenters. The molecule has 28 heavy (non-hydrogen) atoms. The van der Waals surface area contributed by atoms with Gasteiger partial charge in [0, 0.05) is 61.3 Å². The van der Waals surface area contributed by atoms with E-state index in [-0.39, 0.29) is 5.91 Å². The molecule has 2 aromatic heterocycles. The zero-order valence-electron chi connectivity index (χ0n) is 15.7. The van der Waals surface area contributed by atoms with E-state index in [9.17, 15) is 4.79 Å². The lowest BCUT2D eigenvalue weighted by Gasteiger charge is -2.26. The van der Waals surface area contributed by atoms with E-state index in [1.54, 1.807) is 12.4 Å². The molecule has 2 aliphatic heterocycles. The smallest absolute Gasteiger partial charge is 0.221 e. The monoisotopic (exact) mass is 373 g/mol. The highest BCUT2D eigenvalue weighted by molar-refractivity contribution is 5.77. The van der Waals surface area contributed by atoms with Crippen LogP contribution in [-0.4, -0.2) is 44.2 Å². The van der Waals surface area contributed by atoms with Crippen molar-refractivity contribution in [2.75, 3.05) is 6.54 Å². The van der Waals surface area contributed by atoms with Crippen molar-refractivity contribution in [2.45, 2.75) is 37.9 Å². The molecule has 1 aromatic carbocycles. The van der Waals surface area contributed by atoms with Crippen molar-refractivity contribution in [3.63, 3.8) is 0 Å². The Morgan fingerprint density at radius 2 is 1.82 bits per heavy atom. The summed E-state index contributed by atoms with van der Waals surface area (Å²) in [5.41, 5.74) is 4.27. The fourth-order valence-corrected chi connectivity index (χ4v) is 4.42. The van der Waals surface area contributed by atoms with Crippen LogP contribution in [-0.2, 0) is 11.3 Å². The van der Waals surface area contributed by atoms with E-state index in [1.807, 2.05) is 35.0 Å². The number of aromatic nitrogens is 3. The quantitative estimate of drug-likeness (QED) is 0.764.